The highest BCUT2D eigenvalue weighted by Gasteiger charge is 2.18. The van der Waals surface area contributed by atoms with Crippen LogP contribution >= 0.6 is 0 Å². The number of likely N-dealkylation sites (tertiary alicyclic amines) is 1. The number of benzene rings is 1. The number of rotatable bonds is 6. The molecule has 1 unspecified atom stereocenters. The largest absolute Gasteiger partial charge is 0.352 e. The number of guanidine groups is 1. The molecule has 1 N–H and O–H groups in total. The van der Waals surface area contributed by atoms with Crippen molar-refractivity contribution in [3.05, 3.63) is 35.4 Å². The Morgan fingerprint density at radius 2 is 1.92 bits per heavy atom. The molecule has 1 fully saturated rings. The van der Waals surface area contributed by atoms with Gasteiger partial charge in [-0.05, 0) is 50.9 Å². The Morgan fingerprint density at radius 1 is 1.23 bits per heavy atom. The normalized spacial score (nSPS) is 16.7. The molecule has 0 bridgehead atoms. The first kappa shape index (κ1) is 20.3. The molecule has 26 heavy (non-hydrogen) atoms. The molecule has 1 atom stereocenters. The van der Waals surface area contributed by atoms with Gasteiger partial charge in [0.25, 0.3) is 0 Å². The number of nitrogens with one attached hydrogen (secondary N) is 1. The lowest BCUT2D eigenvalue weighted by Gasteiger charge is -2.32. The summed E-state index contributed by atoms with van der Waals surface area (Å²) in [5.41, 5.74) is 1.75. The quantitative estimate of drug-likeness (QED) is 0.629. The van der Waals surface area contributed by atoms with Crippen molar-refractivity contribution in [2.75, 3.05) is 33.7 Å². The fraction of sp³-hybridized carbons (Fsp3) is 0.619. The molecule has 5 nitrogen and oxygen atoms in total. The second-order valence-corrected chi connectivity index (χ2v) is 7.61. The number of hydrogen-bond donors (Lipinski definition) is 1. The Bertz CT molecular complexity index is 616. The van der Waals surface area contributed by atoms with Crippen LogP contribution in [-0.2, 0) is 6.54 Å². The van der Waals surface area contributed by atoms with Gasteiger partial charge in [-0.3, -0.25) is 4.99 Å². The summed E-state index contributed by atoms with van der Waals surface area (Å²) < 4.78 is 0. The van der Waals surface area contributed by atoms with Crippen molar-refractivity contribution < 1.29 is 0 Å². The fourth-order valence-electron chi connectivity index (χ4n) is 3.48. The van der Waals surface area contributed by atoms with Crippen molar-refractivity contribution in [1.29, 1.82) is 5.26 Å². The highest BCUT2D eigenvalue weighted by atomic mass is 15.3. The number of nitriles is 1. The Labute approximate surface area is 158 Å². The predicted molar refractivity (Wildman–Crippen MR) is 108 cm³/mol. The first-order valence-electron chi connectivity index (χ1n) is 9.70. The van der Waals surface area contributed by atoms with Crippen molar-refractivity contribution in [3.8, 4) is 6.07 Å². The molecule has 1 aromatic carbocycles. The molecule has 1 saturated heterocycles. The molecule has 1 aliphatic rings. The van der Waals surface area contributed by atoms with Gasteiger partial charge in [0.1, 0.15) is 0 Å². The van der Waals surface area contributed by atoms with Crippen molar-refractivity contribution >= 4 is 5.96 Å². The summed E-state index contributed by atoms with van der Waals surface area (Å²) in [7, 11) is 4.24. The maximum absolute atomic E-state index is 9.31. The molecule has 1 aliphatic heterocycles. The van der Waals surface area contributed by atoms with Crippen LogP contribution in [0.5, 0.6) is 0 Å². The highest BCUT2D eigenvalue weighted by Crippen LogP contribution is 2.12. The summed E-state index contributed by atoms with van der Waals surface area (Å²) in [5, 5.41) is 12.8. The molecule has 142 valence electrons. The predicted octanol–water partition coefficient (Wildman–Crippen LogP) is 3.08. The SMILES string of the molecule is CC(C)C(C/N=C(\NCc1ccccc1C#N)N1CCCCC1)N(C)C. The summed E-state index contributed by atoms with van der Waals surface area (Å²) in [4.78, 5) is 9.59. The minimum absolute atomic E-state index is 0.419. The molecule has 0 radical (unpaired) electrons. The molecular formula is C21H33N5. The van der Waals surface area contributed by atoms with Gasteiger partial charge in [0, 0.05) is 25.7 Å². The summed E-state index contributed by atoms with van der Waals surface area (Å²) in [6.45, 7) is 8.02. The van der Waals surface area contributed by atoms with Gasteiger partial charge in [-0.15, -0.1) is 0 Å². The zero-order valence-corrected chi connectivity index (χ0v) is 16.7. The third-order valence-corrected chi connectivity index (χ3v) is 5.09. The Hall–Kier alpha value is -2.06. The lowest BCUT2D eigenvalue weighted by molar-refractivity contribution is 0.237. The maximum atomic E-state index is 9.31. The van der Waals surface area contributed by atoms with E-state index in [1.807, 2.05) is 24.3 Å². The van der Waals surface area contributed by atoms with E-state index in [0.29, 0.717) is 18.5 Å². The monoisotopic (exact) mass is 355 g/mol. The van der Waals surface area contributed by atoms with Crippen molar-refractivity contribution in [2.24, 2.45) is 10.9 Å². The van der Waals surface area contributed by atoms with Crippen LogP contribution in [0.25, 0.3) is 0 Å². The van der Waals surface area contributed by atoms with Crippen molar-refractivity contribution in [1.82, 2.24) is 15.1 Å². The number of nitrogens with zero attached hydrogens (tertiary/aromatic N) is 4. The standard InChI is InChI=1S/C21H33N5/c1-17(2)20(25(3)4)16-24-21(26-12-8-5-9-13-26)23-15-19-11-7-6-10-18(19)14-22/h6-7,10-11,17,20H,5,8-9,12-13,15-16H2,1-4H3,(H,23,24). The molecular weight excluding hydrogens is 322 g/mol. The van der Waals surface area contributed by atoms with Gasteiger partial charge in [-0.2, -0.15) is 5.26 Å². The van der Waals surface area contributed by atoms with E-state index in [-0.39, 0.29) is 0 Å². The van der Waals surface area contributed by atoms with Gasteiger partial charge in [0.15, 0.2) is 5.96 Å². The zero-order chi connectivity index (χ0) is 18.9. The summed E-state index contributed by atoms with van der Waals surface area (Å²) in [5.74, 6) is 1.53. The third-order valence-electron chi connectivity index (χ3n) is 5.09. The van der Waals surface area contributed by atoms with Crippen LogP contribution in [0.15, 0.2) is 29.3 Å². The van der Waals surface area contributed by atoms with Crippen molar-refractivity contribution in [2.45, 2.75) is 45.7 Å². The van der Waals surface area contributed by atoms with E-state index in [1.54, 1.807) is 0 Å². The highest BCUT2D eigenvalue weighted by molar-refractivity contribution is 5.80. The Balaban J connectivity index is 2.12. The van der Waals surface area contributed by atoms with Gasteiger partial charge in [0.2, 0.25) is 0 Å². The fourth-order valence-corrected chi connectivity index (χ4v) is 3.48. The number of hydrogen-bond acceptors (Lipinski definition) is 3. The first-order chi connectivity index (χ1) is 12.5. The van der Waals surface area contributed by atoms with Crippen LogP contribution < -0.4 is 5.32 Å². The summed E-state index contributed by atoms with van der Waals surface area (Å²) >= 11 is 0. The molecule has 1 heterocycles. The first-order valence-corrected chi connectivity index (χ1v) is 9.70. The van der Waals surface area contributed by atoms with Gasteiger partial charge in [-0.1, -0.05) is 32.0 Å². The van der Waals surface area contributed by atoms with E-state index in [4.69, 9.17) is 4.99 Å². The molecule has 1 aromatic rings. The van der Waals surface area contributed by atoms with Crippen LogP contribution in [0.4, 0.5) is 0 Å². The topological polar surface area (TPSA) is 54.7 Å². The van der Waals surface area contributed by atoms with Gasteiger partial charge in [0.05, 0.1) is 18.2 Å². The zero-order valence-electron chi connectivity index (χ0n) is 16.7. The summed E-state index contributed by atoms with van der Waals surface area (Å²) in [6.07, 6.45) is 3.74. The number of piperidine rings is 1. The van der Waals surface area contributed by atoms with Crippen LogP contribution in [0.3, 0.4) is 0 Å². The van der Waals surface area contributed by atoms with E-state index in [9.17, 15) is 5.26 Å². The molecule has 5 heteroatoms. The van der Waals surface area contributed by atoms with E-state index >= 15 is 0 Å². The average Bonchev–Trinajstić information content (AvgIpc) is 2.64. The van der Waals surface area contributed by atoms with Crippen LogP contribution in [0.1, 0.15) is 44.2 Å². The Morgan fingerprint density at radius 3 is 2.54 bits per heavy atom. The minimum atomic E-state index is 0.419. The van der Waals surface area contributed by atoms with Crippen LogP contribution in [-0.4, -0.2) is 55.5 Å². The van der Waals surface area contributed by atoms with Crippen LogP contribution in [0, 0.1) is 17.2 Å². The summed E-state index contributed by atoms with van der Waals surface area (Å²) in [6, 6.07) is 10.5. The second kappa shape index (κ2) is 10.2. The van der Waals surface area contributed by atoms with Gasteiger partial charge in [-0.25, -0.2) is 0 Å². The van der Waals surface area contributed by atoms with Gasteiger partial charge >= 0.3 is 0 Å². The lowest BCUT2D eigenvalue weighted by atomic mass is 10.0. The third kappa shape index (κ3) is 5.74. The van der Waals surface area contributed by atoms with Gasteiger partial charge < -0.3 is 15.1 Å². The maximum Gasteiger partial charge on any atom is 0.194 e. The molecule has 0 spiro atoms. The molecule has 0 saturated carbocycles. The molecule has 0 aliphatic carbocycles. The minimum Gasteiger partial charge on any atom is -0.352 e. The molecule has 2 rings (SSSR count). The lowest BCUT2D eigenvalue weighted by Crippen LogP contribution is -2.45. The Kier molecular flexibility index (Phi) is 7.93. The molecule has 0 aromatic heterocycles. The molecule has 0 amide bonds. The number of aliphatic imine (C=N–C) groups is 1. The smallest absolute Gasteiger partial charge is 0.194 e. The second-order valence-electron chi connectivity index (χ2n) is 7.61. The van der Waals surface area contributed by atoms with E-state index < -0.39 is 0 Å². The average molecular weight is 356 g/mol. The van der Waals surface area contributed by atoms with Crippen molar-refractivity contribution in [3.63, 3.8) is 0 Å². The van der Waals surface area contributed by atoms with E-state index in [1.165, 1.54) is 19.3 Å². The van der Waals surface area contributed by atoms with E-state index in [2.05, 4.69) is 49.1 Å². The van der Waals surface area contributed by atoms with E-state index in [0.717, 1.165) is 36.7 Å². The number of likely N-dealkylation sites (N-methyl/N-ethyl adjacent to an activating group) is 1. The van der Waals surface area contributed by atoms with Crippen LogP contribution in [0.2, 0.25) is 0 Å².